The number of carboxylic acids is 1. The Hall–Kier alpha value is -1.30. The number of carbonyl (C=O) groups excluding carboxylic acids is 1. The average Bonchev–Trinajstić information content (AvgIpc) is 2.34. The van der Waals surface area contributed by atoms with Gasteiger partial charge in [0.1, 0.15) is 0 Å². The fourth-order valence-corrected chi connectivity index (χ4v) is 2.35. The third-order valence-electron chi connectivity index (χ3n) is 3.44. The van der Waals surface area contributed by atoms with Gasteiger partial charge in [-0.05, 0) is 25.7 Å². The largest absolute Gasteiger partial charge is 0.481 e. The molecule has 1 unspecified atom stereocenters. The van der Waals surface area contributed by atoms with Crippen molar-refractivity contribution >= 4 is 12.0 Å². The van der Waals surface area contributed by atoms with Crippen LogP contribution < -0.4 is 10.6 Å². The second-order valence-electron chi connectivity index (χ2n) is 5.64. The highest BCUT2D eigenvalue weighted by Crippen LogP contribution is 2.22. The molecule has 2 amide bonds. The highest BCUT2D eigenvalue weighted by Gasteiger charge is 2.24. The Labute approximate surface area is 113 Å². The van der Waals surface area contributed by atoms with Crippen LogP contribution >= 0.6 is 0 Å². The smallest absolute Gasteiger partial charge is 0.314 e. The summed E-state index contributed by atoms with van der Waals surface area (Å²) >= 11 is 0. The predicted molar refractivity (Wildman–Crippen MR) is 70.9 cm³/mol. The van der Waals surface area contributed by atoms with Crippen LogP contribution in [0.5, 0.6) is 0 Å². The Bertz CT molecular complexity index is 312. The third kappa shape index (κ3) is 7.00. The van der Waals surface area contributed by atoms with E-state index in [9.17, 15) is 14.7 Å². The number of rotatable bonds is 6. The molecule has 1 aliphatic carbocycles. The number of hydrogen-bond acceptors (Lipinski definition) is 3. The molecule has 6 nitrogen and oxygen atoms in total. The first-order valence-electron chi connectivity index (χ1n) is 6.85. The fourth-order valence-electron chi connectivity index (χ4n) is 2.35. The van der Waals surface area contributed by atoms with Gasteiger partial charge in [-0.15, -0.1) is 0 Å². The van der Waals surface area contributed by atoms with E-state index >= 15 is 0 Å². The van der Waals surface area contributed by atoms with Gasteiger partial charge in [0.15, 0.2) is 0 Å². The van der Waals surface area contributed by atoms with Crippen molar-refractivity contribution in [2.45, 2.75) is 51.0 Å². The van der Waals surface area contributed by atoms with Crippen molar-refractivity contribution in [3.63, 3.8) is 0 Å². The van der Waals surface area contributed by atoms with Crippen LogP contribution in [0.3, 0.4) is 0 Å². The molecule has 0 saturated heterocycles. The van der Waals surface area contributed by atoms with Crippen LogP contribution in [0.2, 0.25) is 0 Å². The first kappa shape index (κ1) is 15.8. The van der Waals surface area contributed by atoms with Crippen LogP contribution in [0, 0.1) is 5.92 Å². The number of urea groups is 1. The van der Waals surface area contributed by atoms with Crippen LogP contribution in [-0.4, -0.2) is 40.9 Å². The molecule has 4 N–H and O–H groups in total. The fraction of sp³-hybridized carbons (Fsp3) is 0.846. The van der Waals surface area contributed by atoms with Gasteiger partial charge in [-0.2, -0.15) is 0 Å². The van der Waals surface area contributed by atoms with Crippen LogP contribution in [-0.2, 0) is 4.79 Å². The summed E-state index contributed by atoms with van der Waals surface area (Å²) in [6.07, 6.45) is 5.63. The lowest BCUT2D eigenvalue weighted by Crippen LogP contribution is -2.46. The van der Waals surface area contributed by atoms with Crippen LogP contribution in [0.1, 0.15) is 45.4 Å². The third-order valence-corrected chi connectivity index (χ3v) is 3.44. The van der Waals surface area contributed by atoms with E-state index in [1.54, 1.807) is 0 Å². The zero-order valence-corrected chi connectivity index (χ0v) is 11.4. The number of aliphatic carboxylic acids is 1. The molecule has 1 aliphatic rings. The maximum atomic E-state index is 11.5. The van der Waals surface area contributed by atoms with Crippen LogP contribution in [0.4, 0.5) is 4.79 Å². The standard InChI is InChI=1S/C13H24N2O4/c1-13(19,7-11(16)17)9-15-12(18)14-8-10-5-3-2-4-6-10/h10,19H,2-9H2,1H3,(H,16,17)(H2,14,15,18). The second-order valence-corrected chi connectivity index (χ2v) is 5.64. The molecule has 19 heavy (non-hydrogen) atoms. The maximum absolute atomic E-state index is 11.5. The minimum absolute atomic E-state index is 0.0736. The summed E-state index contributed by atoms with van der Waals surface area (Å²) in [5.41, 5.74) is -1.42. The van der Waals surface area contributed by atoms with Gasteiger partial charge < -0.3 is 20.8 Å². The summed E-state index contributed by atoms with van der Waals surface area (Å²) in [6.45, 7) is 1.96. The monoisotopic (exact) mass is 272 g/mol. The van der Waals surface area contributed by atoms with Gasteiger partial charge in [0.05, 0.1) is 12.0 Å². The molecule has 1 rings (SSSR count). The number of aliphatic hydroxyl groups is 1. The van der Waals surface area contributed by atoms with Crippen molar-refractivity contribution in [2.24, 2.45) is 5.92 Å². The second kappa shape index (κ2) is 7.33. The number of amides is 2. The van der Waals surface area contributed by atoms with E-state index in [2.05, 4.69) is 10.6 Å². The lowest BCUT2D eigenvalue weighted by Gasteiger charge is -2.24. The van der Waals surface area contributed by atoms with Gasteiger partial charge in [0.25, 0.3) is 0 Å². The molecule has 1 atom stereocenters. The summed E-state index contributed by atoms with van der Waals surface area (Å²) in [5.74, 6) is -0.548. The summed E-state index contributed by atoms with van der Waals surface area (Å²) in [4.78, 5) is 22.0. The van der Waals surface area contributed by atoms with E-state index in [1.165, 1.54) is 26.2 Å². The van der Waals surface area contributed by atoms with Crippen LogP contribution in [0.25, 0.3) is 0 Å². The van der Waals surface area contributed by atoms with Crippen LogP contribution in [0.15, 0.2) is 0 Å². The van der Waals surface area contributed by atoms with Crippen molar-refractivity contribution in [1.82, 2.24) is 10.6 Å². The molecule has 1 saturated carbocycles. The Kier molecular flexibility index (Phi) is 6.08. The van der Waals surface area contributed by atoms with E-state index in [1.807, 2.05) is 0 Å². The maximum Gasteiger partial charge on any atom is 0.314 e. The van der Waals surface area contributed by atoms with Gasteiger partial charge in [0, 0.05) is 13.1 Å². The van der Waals surface area contributed by atoms with Crippen molar-refractivity contribution < 1.29 is 19.8 Å². The van der Waals surface area contributed by atoms with Crippen molar-refractivity contribution in [2.75, 3.05) is 13.1 Å². The summed E-state index contributed by atoms with van der Waals surface area (Å²) in [7, 11) is 0. The van der Waals surface area contributed by atoms with Crippen molar-refractivity contribution in [3.05, 3.63) is 0 Å². The predicted octanol–water partition coefficient (Wildman–Crippen LogP) is 1.09. The minimum Gasteiger partial charge on any atom is -0.481 e. The lowest BCUT2D eigenvalue weighted by atomic mass is 9.89. The molecule has 0 radical (unpaired) electrons. The van der Waals surface area contributed by atoms with Gasteiger partial charge in [-0.25, -0.2) is 4.79 Å². The quantitative estimate of drug-likeness (QED) is 0.581. The highest BCUT2D eigenvalue weighted by molar-refractivity contribution is 5.74. The summed E-state index contributed by atoms with van der Waals surface area (Å²) in [5, 5.41) is 23.6. The normalized spacial score (nSPS) is 19.5. The van der Waals surface area contributed by atoms with Gasteiger partial charge in [-0.3, -0.25) is 4.79 Å². The molecular weight excluding hydrogens is 248 g/mol. The Morgan fingerprint density at radius 3 is 2.42 bits per heavy atom. The lowest BCUT2D eigenvalue weighted by molar-refractivity contribution is -0.141. The molecule has 0 bridgehead atoms. The van der Waals surface area contributed by atoms with E-state index in [-0.39, 0.29) is 12.6 Å². The van der Waals surface area contributed by atoms with E-state index < -0.39 is 18.0 Å². The van der Waals surface area contributed by atoms with Crippen molar-refractivity contribution in [3.8, 4) is 0 Å². The number of hydrogen-bond donors (Lipinski definition) is 4. The topological polar surface area (TPSA) is 98.7 Å². The molecule has 0 heterocycles. The SMILES string of the molecule is CC(O)(CNC(=O)NCC1CCCCC1)CC(=O)O. The first-order valence-corrected chi connectivity index (χ1v) is 6.85. The van der Waals surface area contributed by atoms with E-state index in [0.29, 0.717) is 12.5 Å². The van der Waals surface area contributed by atoms with Gasteiger partial charge in [0.2, 0.25) is 0 Å². The van der Waals surface area contributed by atoms with E-state index in [0.717, 1.165) is 12.8 Å². The minimum atomic E-state index is -1.42. The average molecular weight is 272 g/mol. The molecule has 1 fully saturated rings. The number of carbonyl (C=O) groups is 2. The zero-order valence-electron chi connectivity index (χ0n) is 11.4. The molecular formula is C13H24N2O4. The Morgan fingerprint density at radius 2 is 1.84 bits per heavy atom. The molecule has 0 aliphatic heterocycles. The first-order chi connectivity index (χ1) is 8.89. The van der Waals surface area contributed by atoms with Crippen molar-refractivity contribution in [1.29, 1.82) is 0 Å². The highest BCUT2D eigenvalue weighted by atomic mass is 16.4. The molecule has 0 aromatic heterocycles. The summed E-state index contributed by atoms with van der Waals surface area (Å²) < 4.78 is 0. The van der Waals surface area contributed by atoms with Gasteiger partial charge in [-0.1, -0.05) is 19.3 Å². The molecule has 110 valence electrons. The molecule has 0 aromatic rings. The molecule has 0 spiro atoms. The Balaban J connectivity index is 2.18. The Morgan fingerprint density at radius 1 is 1.21 bits per heavy atom. The van der Waals surface area contributed by atoms with E-state index in [4.69, 9.17) is 5.11 Å². The molecule has 0 aromatic carbocycles. The summed E-state index contributed by atoms with van der Waals surface area (Å²) in [6, 6.07) is -0.351. The number of nitrogens with one attached hydrogen (secondary N) is 2. The zero-order chi connectivity index (χ0) is 14.3. The molecule has 6 heteroatoms. The van der Waals surface area contributed by atoms with Gasteiger partial charge >= 0.3 is 12.0 Å². The number of carboxylic acid groups (broad SMARTS) is 1.